The molecule has 0 saturated heterocycles. The van der Waals surface area contributed by atoms with Crippen molar-refractivity contribution in [3.05, 3.63) is 63.9 Å². The summed E-state index contributed by atoms with van der Waals surface area (Å²) < 4.78 is 14.1. The second-order valence-corrected chi connectivity index (χ2v) is 4.60. The highest BCUT2D eigenvalue weighted by Crippen LogP contribution is 2.22. The van der Waals surface area contributed by atoms with Gasteiger partial charge >= 0.3 is 0 Å². The Bertz CT molecular complexity index is 605. The maximum Gasteiger partial charge on any atom is 0.123 e. The second kappa shape index (κ2) is 5.65. The fourth-order valence-electron chi connectivity index (χ4n) is 1.61. The molecule has 2 nitrogen and oxygen atoms in total. The van der Waals surface area contributed by atoms with Crippen LogP contribution in [0.4, 0.5) is 10.1 Å². The Labute approximate surface area is 113 Å². The molecule has 4 heteroatoms. The molecule has 2 aromatic rings. The summed E-state index contributed by atoms with van der Waals surface area (Å²) in [5, 5.41) is 12.1. The van der Waals surface area contributed by atoms with Crippen molar-refractivity contribution in [2.45, 2.75) is 6.54 Å². The van der Waals surface area contributed by atoms with Gasteiger partial charge in [0, 0.05) is 16.7 Å². The van der Waals surface area contributed by atoms with Gasteiger partial charge in [-0.1, -0.05) is 12.1 Å². The normalized spacial score (nSPS) is 9.83. The Hall–Kier alpha value is -1.86. The predicted octanol–water partition coefficient (Wildman–Crippen LogP) is 4.07. The van der Waals surface area contributed by atoms with E-state index in [4.69, 9.17) is 5.26 Å². The smallest absolute Gasteiger partial charge is 0.123 e. The molecule has 0 aliphatic rings. The largest absolute Gasteiger partial charge is 0.380 e. The molecule has 0 aliphatic carbocycles. The maximum atomic E-state index is 13.1. The van der Waals surface area contributed by atoms with Crippen molar-refractivity contribution in [3.8, 4) is 6.07 Å². The van der Waals surface area contributed by atoms with Gasteiger partial charge in [-0.15, -0.1) is 0 Å². The molecule has 0 spiro atoms. The van der Waals surface area contributed by atoms with Crippen LogP contribution >= 0.6 is 15.9 Å². The highest BCUT2D eigenvalue weighted by Gasteiger charge is 2.04. The molecule has 2 aromatic carbocycles. The van der Waals surface area contributed by atoms with Crippen LogP contribution in [0.2, 0.25) is 0 Å². The summed E-state index contributed by atoms with van der Waals surface area (Å²) in [6.07, 6.45) is 0. The average molecular weight is 305 g/mol. The molecule has 0 unspecified atom stereocenters. The summed E-state index contributed by atoms with van der Waals surface area (Å²) in [7, 11) is 0. The number of hydrogen-bond acceptors (Lipinski definition) is 2. The molecule has 0 saturated carbocycles. The van der Waals surface area contributed by atoms with Gasteiger partial charge in [0.2, 0.25) is 0 Å². The van der Waals surface area contributed by atoms with Gasteiger partial charge in [-0.2, -0.15) is 5.26 Å². The molecule has 2 rings (SSSR count). The molecule has 0 aromatic heterocycles. The Morgan fingerprint density at radius 1 is 1.22 bits per heavy atom. The summed E-state index contributed by atoms with van der Waals surface area (Å²) in [6.45, 7) is 0.406. The van der Waals surface area contributed by atoms with E-state index in [1.165, 1.54) is 18.2 Å². The van der Waals surface area contributed by atoms with Gasteiger partial charge in [-0.25, -0.2) is 4.39 Å². The van der Waals surface area contributed by atoms with E-state index in [0.717, 1.165) is 10.2 Å². The molecule has 0 aliphatic heterocycles. The van der Waals surface area contributed by atoms with Gasteiger partial charge in [0.1, 0.15) is 5.82 Å². The Morgan fingerprint density at radius 2 is 2.00 bits per heavy atom. The quantitative estimate of drug-likeness (QED) is 0.927. The van der Waals surface area contributed by atoms with Crippen LogP contribution in [-0.4, -0.2) is 0 Å². The summed E-state index contributed by atoms with van der Waals surface area (Å²) in [6, 6.07) is 13.9. The molecule has 1 N–H and O–H groups in total. The Morgan fingerprint density at radius 3 is 2.72 bits per heavy atom. The highest BCUT2D eigenvalue weighted by atomic mass is 79.9. The molecule has 0 fully saturated rings. The zero-order chi connectivity index (χ0) is 13.0. The Kier molecular flexibility index (Phi) is 3.96. The van der Waals surface area contributed by atoms with E-state index in [1.54, 1.807) is 0 Å². The fourth-order valence-corrected chi connectivity index (χ4v) is 2.04. The molecule has 0 heterocycles. The minimum Gasteiger partial charge on any atom is -0.380 e. The van der Waals surface area contributed by atoms with Gasteiger partial charge in [0.25, 0.3) is 0 Å². The van der Waals surface area contributed by atoms with E-state index in [-0.39, 0.29) is 5.82 Å². The highest BCUT2D eigenvalue weighted by molar-refractivity contribution is 9.10. The van der Waals surface area contributed by atoms with Gasteiger partial charge < -0.3 is 5.32 Å². The Balaban J connectivity index is 2.18. The van der Waals surface area contributed by atoms with E-state index >= 15 is 0 Å². The lowest BCUT2D eigenvalue weighted by molar-refractivity contribution is 0.625. The number of nitrogens with zero attached hydrogens (tertiary/aromatic N) is 1. The van der Waals surface area contributed by atoms with Crippen LogP contribution in [0, 0.1) is 17.1 Å². The summed E-state index contributed by atoms with van der Waals surface area (Å²) in [4.78, 5) is 0. The predicted molar refractivity (Wildman–Crippen MR) is 72.6 cm³/mol. The van der Waals surface area contributed by atoms with Crippen LogP contribution in [-0.2, 0) is 6.54 Å². The first-order chi connectivity index (χ1) is 8.70. The molecule has 0 radical (unpaired) electrons. The van der Waals surface area contributed by atoms with Crippen molar-refractivity contribution in [2.75, 3.05) is 5.32 Å². The second-order valence-electron chi connectivity index (χ2n) is 3.75. The zero-order valence-electron chi connectivity index (χ0n) is 9.45. The number of nitriles is 1. The molecule has 90 valence electrons. The van der Waals surface area contributed by atoms with Crippen molar-refractivity contribution in [2.24, 2.45) is 0 Å². The summed E-state index contributed by atoms with van der Waals surface area (Å²) in [5.41, 5.74) is 2.04. The van der Waals surface area contributed by atoms with E-state index in [2.05, 4.69) is 27.3 Å². The number of halogens is 2. The molecule has 18 heavy (non-hydrogen) atoms. The average Bonchev–Trinajstić information content (AvgIpc) is 2.38. The molecule has 0 amide bonds. The number of para-hydroxylation sites is 1. The van der Waals surface area contributed by atoms with Crippen molar-refractivity contribution in [3.63, 3.8) is 0 Å². The van der Waals surface area contributed by atoms with Crippen molar-refractivity contribution >= 4 is 21.6 Å². The van der Waals surface area contributed by atoms with Crippen molar-refractivity contribution in [1.29, 1.82) is 5.26 Å². The number of hydrogen-bond donors (Lipinski definition) is 1. The van der Waals surface area contributed by atoms with E-state index < -0.39 is 0 Å². The molecular formula is C14H10BrFN2. The van der Waals surface area contributed by atoms with Gasteiger partial charge in [0.15, 0.2) is 0 Å². The monoisotopic (exact) mass is 304 g/mol. The molecular weight excluding hydrogens is 295 g/mol. The van der Waals surface area contributed by atoms with E-state index in [1.807, 2.05) is 24.3 Å². The first-order valence-corrected chi connectivity index (χ1v) is 6.17. The zero-order valence-corrected chi connectivity index (χ0v) is 11.0. The van der Waals surface area contributed by atoms with Crippen LogP contribution in [0.25, 0.3) is 0 Å². The van der Waals surface area contributed by atoms with Gasteiger partial charge in [-0.05, 0) is 51.8 Å². The first-order valence-electron chi connectivity index (χ1n) is 5.37. The van der Waals surface area contributed by atoms with Crippen LogP contribution in [0.5, 0.6) is 0 Å². The third-order valence-corrected chi connectivity index (χ3v) is 3.22. The lowest BCUT2D eigenvalue weighted by atomic mass is 10.1. The molecule has 0 bridgehead atoms. The minimum absolute atomic E-state index is 0.335. The number of anilines is 1. The minimum atomic E-state index is -0.335. The summed E-state index contributed by atoms with van der Waals surface area (Å²) in [5.74, 6) is -0.335. The van der Waals surface area contributed by atoms with Crippen LogP contribution in [0.3, 0.4) is 0 Å². The summed E-state index contributed by atoms with van der Waals surface area (Å²) >= 11 is 3.42. The SMILES string of the molecule is N#Cc1ccc(F)cc1CNc1ccccc1Br. The van der Waals surface area contributed by atoms with Gasteiger partial charge in [-0.3, -0.25) is 0 Å². The van der Waals surface area contributed by atoms with E-state index in [9.17, 15) is 4.39 Å². The lowest BCUT2D eigenvalue weighted by Crippen LogP contribution is -2.02. The van der Waals surface area contributed by atoms with Crippen molar-refractivity contribution in [1.82, 2.24) is 0 Å². The first kappa shape index (κ1) is 12.6. The van der Waals surface area contributed by atoms with Crippen LogP contribution in [0.1, 0.15) is 11.1 Å². The third kappa shape index (κ3) is 2.88. The number of benzene rings is 2. The third-order valence-electron chi connectivity index (χ3n) is 2.53. The lowest BCUT2D eigenvalue weighted by Gasteiger charge is -2.09. The fraction of sp³-hybridized carbons (Fsp3) is 0.0714. The molecule has 0 atom stereocenters. The van der Waals surface area contributed by atoms with E-state index in [0.29, 0.717) is 17.7 Å². The standard InChI is InChI=1S/C14H10BrFN2/c15-13-3-1-2-4-14(13)18-9-11-7-12(16)6-5-10(11)8-17/h1-7,18H,9H2. The van der Waals surface area contributed by atoms with Crippen LogP contribution in [0.15, 0.2) is 46.9 Å². The number of rotatable bonds is 3. The van der Waals surface area contributed by atoms with Crippen LogP contribution < -0.4 is 5.32 Å². The maximum absolute atomic E-state index is 13.1. The van der Waals surface area contributed by atoms with Crippen molar-refractivity contribution < 1.29 is 4.39 Å². The van der Waals surface area contributed by atoms with Gasteiger partial charge in [0.05, 0.1) is 11.6 Å². The number of nitrogens with one attached hydrogen (secondary N) is 1. The topological polar surface area (TPSA) is 35.8 Å².